The van der Waals surface area contributed by atoms with Gasteiger partial charge in [-0.1, -0.05) is 41.1 Å². The minimum atomic E-state index is -0.146. The summed E-state index contributed by atoms with van der Waals surface area (Å²) in [6.07, 6.45) is 0. The quantitative estimate of drug-likeness (QED) is 0.821. The van der Waals surface area contributed by atoms with Crippen LogP contribution in [0.5, 0.6) is 0 Å². The van der Waals surface area contributed by atoms with Gasteiger partial charge in [0.1, 0.15) is 0 Å². The molecule has 1 unspecified atom stereocenters. The van der Waals surface area contributed by atoms with Gasteiger partial charge in [0.25, 0.3) is 0 Å². The van der Waals surface area contributed by atoms with Crippen molar-refractivity contribution in [2.45, 2.75) is 20.4 Å². The van der Waals surface area contributed by atoms with E-state index in [1.807, 2.05) is 38.1 Å². The molecule has 0 aliphatic carbocycles. The van der Waals surface area contributed by atoms with E-state index in [1.165, 1.54) is 5.56 Å². The predicted octanol–water partition coefficient (Wildman–Crippen LogP) is 2.74. The summed E-state index contributed by atoms with van der Waals surface area (Å²) < 4.78 is 6.02. The Morgan fingerprint density at radius 1 is 1.47 bits per heavy atom. The fourth-order valence-electron chi connectivity index (χ4n) is 1.43. The van der Waals surface area contributed by atoms with E-state index in [2.05, 4.69) is 21.2 Å². The van der Waals surface area contributed by atoms with Gasteiger partial charge < -0.3 is 10.1 Å². The molecule has 3 nitrogen and oxygen atoms in total. The second-order valence-electron chi connectivity index (χ2n) is 3.88. The smallest absolute Gasteiger partial charge is 0.309 e. The van der Waals surface area contributed by atoms with Gasteiger partial charge in [-0.15, -0.1) is 0 Å². The van der Waals surface area contributed by atoms with Gasteiger partial charge in [0.2, 0.25) is 0 Å². The number of hydrogen-bond donors (Lipinski definition) is 1. The summed E-state index contributed by atoms with van der Waals surface area (Å²) in [5.41, 5.74) is 1.18. The van der Waals surface area contributed by atoms with Gasteiger partial charge in [0.15, 0.2) is 0 Å². The molecule has 0 saturated heterocycles. The molecule has 1 aromatic rings. The first kappa shape index (κ1) is 14.2. The first-order chi connectivity index (χ1) is 8.15. The lowest BCUT2D eigenvalue weighted by Crippen LogP contribution is -2.27. The number of ether oxygens (including phenoxy) is 1. The summed E-state index contributed by atoms with van der Waals surface area (Å²) in [6.45, 7) is 5.49. The van der Waals surface area contributed by atoms with Gasteiger partial charge in [0.05, 0.1) is 12.5 Å². The third-order valence-electron chi connectivity index (χ3n) is 2.41. The number of nitrogens with one attached hydrogen (secondary N) is 1. The molecule has 0 amide bonds. The predicted molar refractivity (Wildman–Crippen MR) is 71.6 cm³/mol. The fraction of sp³-hybridized carbons (Fsp3) is 0.462. The van der Waals surface area contributed by atoms with E-state index in [9.17, 15) is 4.79 Å². The molecule has 1 aromatic carbocycles. The maximum absolute atomic E-state index is 11.4. The van der Waals surface area contributed by atoms with Crippen LogP contribution < -0.4 is 5.32 Å². The molecule has 0 aliphatic rings. The van der Waals surface area contributed by atoms with Crippen molar-refractivity contribution >= 4 is 21.9 Å². The van der Waals surface area contributed by atoms with Crippen molar-refractivity contribution < 1.29 is 9.53 Å². The molecule has 0 aromatic heterocycles. The van der Waals surface area contributed by atoms with Crippen LogP contribution in [0, 0.1) is 5.92 Å². The van der Waals surface area contributed by atoms with Crippen LogP contribution in [-0.4, -0.2) is 19.1 Å². The zero-order chi connectivity index (χ0) is 12.7. The topological polar surface area (TPSA) is 38.3 Å². The lowest BCUT2D eigenvalue weighted by Gasteiger charge is -2.12. The van der Waals surface area contributed by atoms with Crippen molar-refractivity contribution in [1.29, 1.82) is 0 Å². The average molecular weight is 300 g/mol. The van der Waals surface area contributed by atoms with Crippen molar-refractivity contribution in [3.8, 4) is 0 Å². The van der Waals surface area contributed by atoms with Gasteiger partial charge in [0, 0.05) is 17.6 Å². The third kappa shape index (κ3) is 4.88. The van der Waals surface area contributed by atoms with Crippen LogP contribution >= 0.6 is 15.9 Å². The van der Waals surface area contributed by atoms with E-state index in [1.54, 1.807) is 0 Å². The highest BCUT2D eigenvalue weighted by Gasteiger charge is 2.13. The molecular weight excluding hydrogens is 282 g/mol. The standard InChI is InChI=1S/C13H18BrNO2/c1-3-17-13(16)10(2)8-15-9-11-6-4-5-7-12(11)14/h4-7,10,15H,3,8-9H2,1-2H3. The minimum Gasteiger partial charge on any atom is -0.466 e. The number of carbonyl (C=O) groups excluding carboxylic acids is 1. The first-order valence-electron chi connectivity index (χ1n) is 5.76. The first-order valence-corrected chi connectivity index (χ1v) is 6.55. The SMILES string of the molecule is CCOC(=O)C(C)CNCc1ccccc1Br. The van der Waals surface area contributed by atoms with Gasteiger partial charge in [-0.05, 0) is 18.6 Å². The molecule has 0 fully saturated rings. The molecule has 94 valence electrons. The second kappa shape index (κ2) is 7.45. The zero-order valence-electron chi connectivity index (χ0n) is 10.2. The Balaban J connectivity index is 2.33. The summed E-state index contributed by atoms with van der Waals surface area (Å²) in [5, 5.41) is 3.25. The van der Waals surface area contributed by atoms with E-state index in [4.69, 9.17) is 4.74 Å². The van der Waals surface area contributed by atoms with E-state index in [0.29, 0.717) is 13.2 Å². The Morgan fingerprint density at radius 2 is 2.18 bits per heavy atom. The van der Waals surface area contributed by atoms with Gasteiger partial charge in [-0.3, -0.25) is 4.79 Å². The summed E-state index contributed by atoms with van der Waals surface area (Å²) in [4.78, 5) is 11.4. The fourth-order valence-corrected chi connectivity index (χ4v) is 1.86. The summed E-state index contributed by atoms with van der Waals surface area (Å²) in [6, 6.07) is 8.03. The molecule has 0 spiro atoms. The van der Waals surface area contributed by atoms with Crippen molar-refractivity contribution in [1.82, 2.24) is 5.32 Å². The number of benzene rings is 1. The third-order valence-corrected chi connectivity index (χ3v) is 3.19. The van der Waals surface area contributed by atoms with Crippen LogP contribution in [0.4, 0.5) is 0 Å². The van der Waals surface area contributed by atoms with Crippen molar-refractivity contribution in [3.05, 3.63) is 34.3 Å². The molecule has 0 radical (unpaired) electrons. The Bertz CT molecular complexity index is 368. The molecule has 4 heteroatoms. The normalized spacial score (nSPS) is 12.2. The number of hydrogen-bond acceptors (Lipinski definition) is 3. The van der Waals surface area contributed by atoms with Crippen LogP contribution in [0.15, 0.2) is 28.7 Å². The molecule has 1 N–H and O–H groups in total. The molecule has 0 heterocycles. The lowest BCUT2D eigenvalue weighted by molar-refractivity contribution is -0.147. The van der Waals surface area contributed by atoms with Crippen LogP contribution in [0.3, 0.4) is 0 Å². The zero-order valence-corrected chi connectivity index (χ0v) is 11.8. The van der Waals surface area contributed by atoms with Crippen LogP contribution in [0.1, 0.15) is 19.4 Å². The molecule has 1 rings (SSSR count). The Kier molecular flexibility index (Phi) is 6.22. The number of esters is 1. The van der Waals surface area contributed by atoms with Crippen LogP contribution in [0.2, 0.25) is 0 Å². The summed E-state index contributed by atoms with van der Waals surface area (Å²) in [7, 11) is 0. The second-order valence-corrected chi connectivity index (χ2v) is 4.73. The van der Waals surface area contributed by atoms with Gasteiger partial charge >= 0.3 is 5.97 Å². The van der Waals surface area contributed by atoms with Crippen molar-refractivity contribution in [2.75, 3.05) is 13.2 Å². The molecule has 17 heavy (non-hydrogen) atoms. The largest absolute Gasteiger partial charge is 0.466 e. The van der Waals surface area contributed by atoms with E-state index >= 15 is 0 Å². The maximum Gasteiger partial charge on any atom is 0.309 e. The molecule has 0 aliphatic heterocycles. The number of halogens is 1. The highest BCUT2D eigenvalue weighted by atomic mass is 79.9. The Labute approximate surface area is 111 Å². The molecule has 0 saturated carbocycles. The molecule has 0 bridgehead atoms. The highest BCUT2D eigenvalue weighted by Crippen LogP contribution is 2.15. The molecular formula is C13H18BrNO2. The lowest BCUT2D eigenvalue weighted by atomic mass is 10.1. The summed E-state index contributed by atoms with van der Waals surface area (Å²) >= 11 is 3.49. The summed E-state index contributed by atoms with van der Waals surface area (Å²) in [5.74, 6) is -0.260. The minimum absolute atomic E-state index is 0.113. The van der Waals surface area contributed by atoms with Gasteiger partial charge in [-0.25, -0.2) is 0 Å². The van der Waals surface area contributed by atoms with Crippen molar-refractivity contribution in [2.24, 2.45) is 5.92 Å². The van der Waals surface area contributed by atoms with E-state index in [0.717, 1.165) is 11.0 Å². The van der Waals surface area contributed by atoms with E-state index in [-0.39, 0.29) is 11.9 Å². The number of rotatable bonds is 6. The average Bonchev–Trinajstić information content (AvgIpc) is 2.31. The monoisotopic (exact) mass is 299 g/mol. The number of carbonyl (C=O) groups is 1. The Hall–Kier alpha value is -0.870. The maximum atomic E-state index is 11.4. The van der Waals surface area contributed by atoms with E-state index < -0.39 is 0 Å². The van der Waals surface area contributed by atoms with Crippen molar-refractivity contribution in [3.63, 3.8) is 0 Å². The highest BCUT2D eigenvalue weighted by molar-refractivity contribution is 9.10. The Morgan fingerprint density at radius 3 is 2.82 bits per heavy atom. The van der Waals surface area contributed by atoms with Crippen LogP contribution in [-0.2, 0) is 16.1 Å². The van der Waals surface area contributed by atoms with Crippen LogP contribution in [0.25, 0.3) is 0 Å². The molecule has 1 atom stereocenters. The van der Waals surface area contributed by atoms with Gasteiger partial charge in [-0.2, -0.15) is 0 Å².